The molecule has 4 rings (SSSR count). The number of carbonyl (C=O) groups excluding carboxylic acids is 1. The van der Waals surface area contributed by atoms with Crippen molar-refractivity contribution in [3.63, 3.8) is 0 Å². The van der Waals surface area contributed by atoms with Crippen LogP contribution >= 0.6 is 0 Å². The van der Waals surface area contributed by atoms with E-state index in [9.17, 15) is 4.79 Å². The van der Waals surface area contributed by atoms with Gasteiger partial charge in [0.1, 0.15) is 12.1 Å². The van der Waals surface area contributed by atoms with E-state index in [0.717, 1.165) is 57.6 Å². The van der Waals surface area contributed by atoms with Gasteiger partial charge in [0.05, 0.1) is 6.04 Å². The minimum absolute atomic E-state index is 0.0851. The van der Waals surface area contributed by atoms with Gasteiger partial charge >= 0.3 is 0 Å². The third-order valence-corrected chi connectivity index (χ3v) is 5.61. The van der Waals surface area contributed by atoms with Crippen molar-refractivity contribution in [2.75, 3.05) is 24.5 Å². The lowest BCUT2D eigenvalue weighted by atomic mass is 9.99. The van der Waals surface area contributed by atoms with Crippen molar-refractivity contribution in [2.24, 2.45) is 0 Å². The molecule has 2 saturated heterocycles. The van der Waals surface area contributed by atoms with E-state index in [4.69, 9.17) is 0 Å². The Bertz CT molecular complexity index is 554. The topological polar surface area (TPSA) is 61.4 Å². The molecule has 1 N–H and O–H groups in total. The maximum atomic E-state index is 12.3. The number of hydrogen-bond donors (Lipinski definition) is 1. The van der Waals surface area contributed by atoms with Gasteiger partial charge in [0.25, 0.3) is 0 Å². The Labute approximate surface area is 143 Å². The van der Waals surface area contributed by atoms with Crippen LogP contribution in [0.25, 0.3) is 0 Å². The molecule has 1 saturated carbocycles. The number of anilines is 1. The lowest BCUT2D eigenvalue weighted by Gasteiger charge is -2.41. The van der Waals surface area contributed by atoms with Crippen LogP contribution in [-0.2, 0) is 4.79 Å². The van der Waals surface area contributed by atoms with E-state index < -0.39 is 0 Å². The highest BCUT2D eigenvalue weighted by molar-refractivity contribution is 5.81. The Morgan fingerprint density at radius 1 is 1.08 bits per heavy atom. The number of carbonyl (C=O) groups is 1. The van der Waals surface area contributed by atoms with Gasteiger partial charge in [0, 0.05) is 37.9 Å². The van der Waals surface area contributed by atoms with E-state index in [2.05, 4.69) is 25.1 Å². The summed E-state index contributed by atoms with van der Waals surface area (Å²) >= 11 is 0. The minimum Gasteiger partial charge on any atom is -0.355 e. The number of piperidine rings is 1. The Balaban J connectivity index is 1.40. The fourth-order valence-electron chi connectivity index (χ4n) is 4.21. The molecular formula is C18H27N5O. The molecule has 130 valence electrons. The molecule has 24 heavy (non-hydrogen) atoms. The predicted octanol–water partition coefficient (Wildman–Crippen LogP) is 1.58. The first-order chi connectivity index (χ1) is 11.8. The van der Waals surface area contributed by atoms with Gasteiger partial charge in [0.2, 0.25) is 5.91 Å². The first-order valence-electron chi connectivity index (χ1n) is 9.39. The smallest absolute Gasteiger partial charge is 0.237 e. The van der Waals surface area contributed by atoms with Gasteiger partial charge < -0.3 is 10.2 Å². The highest BCUT2D eigenvalue weighted by atomic mass is 16.2. The van der Waals surface area contributed by atoms with Gasteiger partial charge in [0.15, 0.2) is 0 Å². The van der Waals surface area contributed by atoms with E-state index in [0.29, 0.717) is 12.1 Å². The summed E-state index contributed by atoms with van der Waals surface area (Å²) in [4.78, 5) is 25.8. The van der Waals surface area contributed by atoms with Crippen molar-refractivity contribution in [1.82, 2.24) is 20.2 Å². The lowest BCUT2D eigenvalue weighted by molar-refractivity contribution is -0.126. The molecular weight excluding hydrogens is 302 g/mol. The summed E-state index contributed by atoms with van der Waals surface area (Å²) in [5, 5.41) is 3.07. The van der Waals surface area contributed by atoms with Gasteiger partial charge in [-0.15, -0.1) is 0 Å². The van der Waals surface area contributed by atoms with E-state index in [1.54, 1.807) is 6.33 Å². The summed E-state index contributed by atoms with van der Waals surface area (Å²) in [5.74, 6) is 1.30. The molecule has 0 radical (unpaired) electrons. The van der Waals surface area contributed by atoms with E-state index in [1.165, 1.54) is 12.8 Å². The van der Waals surface area contributed by atoms with Crippen LogP contribution in [-0.4, -0.2) is 58.5 Å². The molecule has 1 aliphatic carbocycles. The number of aromatic nitrogens is 2. The SMILES string of the molecule is O=C1NCCCCC1N1CCC(N(c2ccncn2)C2CC2)CC1. The average molecular weight is 329 g/mol. The third kappa shape index (κ3) is 3.38. The average Bonchev–Trinajstić information content (AvgIpc) is 3.46. The number of hydrogen-bond acceptors (Lipinski definition) is 5. The first kappa shape index (κ1) is 15.8. The second-order valence-electron chi connectivity index (χ2n) is 7.28. The first-order valence-corrected chi connectivity index (χ1v) is 9.39. The van der Waals surface area contributed by atoms with E-state index >= 15 is 0 Å². The van der Waals surface area contributed by atoms with Crippen LogP contribution in [0.2, 0.25) is 0 Å². The van der Waals surface area contributed by atoms with Crippen LogP contribution in [0.3, 0.4) is 0 Å². The maximum absolute atomic E-state index is 12.3. The van der Waals surface area contributed by atoms with Crippen molar-refractivity contribution in [3.8, 4) is 0 Å². The van der Waals surface area contributed by atoms with Gasteiger partial charge in [-0.3, -0.25) is 9.69 Å². The molecule has 1 atom stereocenters. The highest BCUT2D eigenvalue weighted by Gasteiger charge is 2.38. The maximum Gasteiger partial charge on any atom is 0.237 e. The number of amides is 1. The van der Waals surface area contributed by atoms with Crippen LogP contribution in [0.4, 0.5) is 5.82 Å². The van der Waals surface area contributed by atoms with Gasteiger partial charge in [-0.1, -0.05) is 0 Å². The largest absolute Gasteiger partial charge is 0.355 e. The van der Waals surface area contributed by atoms with Crippen LogP contribution < -0.4 is 10.2 Å². The molecule has 3 fully saturated rings. The minimum atomic E-state index is 0.0851. The molecule has 1 amide bonds. The molecule has 3 heterocycles. The van der Waals surface area contributed by atoms with Crippen molar-refractivity contribution >= 4 is 11.7 Å². The Kier molecular flexibility index (Phi) is 4.65. The highest BCUT2D eigenvalue weighted by Crippen LogP contribution is 2.35. The molecule has 2 aliphatic heterocycles. The lowest BCUT2D eigenvalue weighted by Crippen LogP contribution is -2.52. The summed E-state index contributed by atoms with van der Waals surface area (Å²) in [6.07, 6.45) is 11.5. The van der Waals surface area contributed by atoms with E-state index in [-0.39, 0.29) is 11.9 Å². The number of likely N-dealkylation sites (tertiary alicyclic amines) is 1. The van der Waals surface area contributed by atoms with Gasteiger partial charge in [-0.25, -0.2) is 9.97 Å². The molecule has 1 aromatic rings. The molecule has 0 spiro atoms. The fourth-order valence-corrected chi connectivity index (χ4v) is 4.21. The van der Waals surface area contributed by atoms with Crippen LogP contribution in [0, 0.1) is 0 Å². The third-order valence-electron chi connectivity index (χ3n) is 5.61. The van der Waals surface area contributed by atoms with Crippen LogP contribution in [0.5, 0.6) is 0 Å². The molecule has 6 heteroatoms. The van der Waals surface area contributed by atoms with Crippen molar-refractivity contribution in [2.45, 2.75) is 63.1 Å². The fraction of sp³-hybridized carbons (Fsp3) is 0.722. The molecule has 6 nitrogen and oxygen atoms in total. The Morgan fingerprint density at radius 2 is 1.88 bits per heavy atom. The number of nitrogens with one attached hydrogen (secondary N) is 1. The standard InChI is InChI=1S/C18H27N5O/c24-18-16(3-1-2-9-20-18)22-11-7-15(8-12-22)23(14-4-5-14)17-6-10-19-13-21-17/h6,10,13-16H,1-5,7-9,11-12H2,(H,20,24). The molecule has 3 aliphatic rings. The summed E-state index contributed by atoms with van der Waals surface area (Å²) < 4.78 is 0. The molecule has 1 unspecified atom stereocenters. The second-order valence-corrected chi connectivity index (χ2v) is 7.28. The Morgan fingerprint density at radius 3 is 2.58 bits per heavy atom. The molecule has 1 aromatic heterocycles. The van der Waals surface area contributed by atoms with Gasteiger partial charge in [-0.2, -0.15) is 0 Å². The summed E-state index contributed by atoms with van der Waals surface area (Å²) in [6, 6.07) is 3.31. The summed E-state index contributed by atoms with van der Waals surface area (Å²) in [5.41, 5.74) is 0. The zero-order chi connectivity index (χ0) is 16.4. The predicted molar refractivity (Wildman–Crippen MR) is 92.8 cm³/mol. The number of rotatable bonds is 4. The quantitative estimate of drug-likeness (QED) is 0.909. The Hall–Kier alpha value is -1.69. The normalized spacial score (nSPS) is 26.7. The second kappa shape index (κ2) is 7.05. The van der Waals surface area contributed by atoms with Crippen molar-refractivity contribution in [1.29, 1.82) is 0 Å². The zero-order valence-corrected chi connectivity index (χ0v) is 14.2. The summed E-state index contributed by atoms with van der Waals surface area (Å²) in [6.45, 7) is 2.86. The summed E-state index contributed by atoms with van der Waals surface area (Å²) in [7, 11) is 0. The molecule has 0 aromatic carbocycles. The molecule has 0 bridgehead atoms. The van der Waals surface area contributed by atoms with Crippen LogP contribution in [0.1, 0.15) is 44.9 Å². The zero-order valence-electron chi connectivity index (χ0n) is 14.2. The van der Waals surface area contributed by atoms with Crippen molar-refractivity contribution in [3.05, 3.63) is 18.6 Å². The van der Waals surface area contributed by atoms with Crippen molar-refractivity contribution < 1.29 is 4.79 Å². The van der Waals surface area contributed by atoms with E-state index in [1.807, 2.05) is 12.3 Å². The number of nitrogens with zero attached hydrogens (tertiary/aromatic N) is 4. The van der Waals surface area contributed by atoms with Gasteiger partial charge in [-0.05, 0) is 51.0 Å². The monoisotopic (exact) mass is 329 g/mol. The van der Waals surface area contributed by atoms with Crippen LogP contribution in [0.15, 0.2) is 18.6 Å².